The molecular weight excluding hydrogens is 582 g/mol. The second kappa shape index (κ2) is 14.4. The Labute approximate surface area is 261 Å². The Balaban J connectivity index is 1.72. The average Bonchev–Trinajstić information content (AvgIpc) is 2.97. The molecule has 0 aliphatic heterocycles. The molecule has 0 radical (unpaired) electrons. The number of nitrogens with one attached hydrogen (secondary N) is 1. The third kappa shape index (κ3) is 8.39. The van der Waals surface area contributed by atoms with Crippen LogP contribution in [0.15, 0.2) is 71.6 Å². The summed E-state index contributed by atoms with van der Waals surface area (Å²) >= 11 is 6.12. The number of anilines is 1. The van der Waals surface area contributed by atoms with Crippen LogP contribution in [-0.2, 0) is 26.2 Å². The Morgan fingerprint density at radius 1 is 0.884 bits per heavy atom. The van der Waals surface area contributed by atoms with Crippen molar-refractivity contribution in [3.8, 4) is 0 Å². The summed E-state index contributed by atoms with van der Waals surface area (Å²) < 4.78 is 29.4. The number of hydrogen-bond acceptors (Lipinski definition) is 4. The predicted octanol–water partition coefficient (Wildman–Crippen LogP) is 6.72. The third-order valence-electron chi connectivity index (χ3n) is 7.99. The number of carbonyl (C=O) groups excluding carboxylic acids is 2. The van der Waals surface area contributed by atoms with Gasteiger partial charge in [-0.1, -0.05) is 73.7 Å². The van der Waals surface area contributed by atoms with E-state index in [-0.39, 0.29) is 23.4 Å². The quantitative estimate of drug-likeness (QED) is 0.257. The van der Waals surface area contributed by atoms with E-state index < -0.39 is 28.5 Å². The molecule has 1 aliphatic carbocycles. The number of aryl methyl sites for hydroxylation is 3. The number of sulfonamides is 1. The van der Waals surface area contributed by atoms with Gasteiger partial charge in [0.25, 0.3) is 10.0 Å². The zero-order valence-corrected chi connectivity index (χ0v) is 27.0. The van der Waals surface area contributed by atoms with Crippen molar-refractivity contribution in [3.05, 3.63) is 94.0 Å². The maximum absolute atomic E-state index is 14.3. The molecule has 4 rings (SSSR count). The molecule has 7 nitrogen and oxygen atoms in total. The highest BCUT2D eigenvalue weighted by molar-refractivity contribution is 7.92. The molecule has 1 saturated carbocycles. The molecule has 0 heterocycles. The number of benzene rings is 3. The zero-order valence-electron chi connectivity index (χ0n) is 25.5. The Hall–Kier alpha value is -3.36. The highest BCUT2D eigenvalue weighted by Gasteiger charge is 2.34. The van der Waals surface area contributed by atoms with Crippen LogP contribution in [-0.4, -0.2) is 43.8 Å². The van der Waals surface area contributed by atoms with Crippen molar-refractivity contribution in [2.75, 3.05) is 10.8 Å². The van der Waals surface area contributed by atoms with E-state index in [9.17, 15) is 18.0 Å². The van der Waals surface area contributed by atoms with Crippen molar-refractivity contribution in [1.82, 2.24) is 10.2 Å². The Morgan fingerprint density at radius 2 is 1.49 bits per heavy atom. The molecule has 3 aromatic carbocycles. The summed E-state index contributed by atoms with van der Waals surface area (Å²) in [6.07, 6.45) is 5.51. The lowest BCUT2D eigenvalue weighted by atomic mass is 9.95. The van der Waals surface area contributed by atoms with Crippen molar-refractivity contribution < 1.29 is 18.0 Å². The van der Waals surface area contributed by atoms with Crippen LogP contribution in [0.5, 0.6) is 0 Å². The molecule has 0 spiro atoms. The van der Waals surface area contributed by atoms with Gasteiger partial charge in [-0.25, -0.2) is 8.42 Å². The van der Waals surface area contributed by atoms with E-state index in [1.54, 1.807) is 48.5 Å². The molecular formula is C34H42ClN3O4S. The Bertz CT molecular complexity index is 1500. The Kier molecular flexibility index (Phi) is 10.9. The fourth-order valence-corrected chi connectivity index (χ4v) is 7.23. The minimum atomic E-state index is -4.12. The zero-order chi connectivity index (χ0) is 31.1. The molecule has 1 N–H and O–H groups in total. The first-order valence-electron chi connectivity index (χ1n) is 15.0. The van der Waals surface area contributed by atoms with Gasteiger partial charge in [0.15, 0.2) is 0 Å². The summed E-state index contributed by atoms with van der Waals surface area (Å²) in [5, 5.41) is 3.74. The van der Waals surface area contributed by atoms with E-state index in [0.29, 0.717) is 17.1 Å². The summed E-state index contributed by atoms with van der Waals surface area (Å²) in [6.45, 7) is 7.23. The van der Waals surface area contributed by atoms with Gasteiger partial charge in [0.2, 0.25) is 11.8 Å². The van der Waals surface area contributed by atoms with E-state index in [1.165, 1.54) is 9.21 Å². The largest absolute Gasteiger partial charge is 0.352 e. The van der Waals surface area contributed by atoms with Crippen molar-refractivity contribution >= 4 is 39.1 Å². The molecule has 2 amide bonds. The van der Waals surface area contributed by atoms with Gasteiger partial charge >= 0.3 is 0 Å². The summed E-state index contributed by atoms with van der Waals surface area (Å²) in [6, 6.07) is 18.5. The molecule has 0 bridgehead atoms. The predicted molar refractivity (Wildman–Crippen MR) is 173 cm³/mol. The maximum Gasteiger partial charge on any atom is 0.264 e. The van der Waals surface area contributed by atoms with E-state index in [4.69, 9.17) is 11.6 Å². The fraction of sp³-hybridized carbons (Fsp3) is 0.412. The van der Waals surface area contributed by atoms with Crippen molar-refractivity contribution in [2.45, 2.75) is 89.7 Å². The topological polar surface area (TPSA) is 86.8 Å². The second-order valence-electron chi connectivity index (χ2n) is 11.6. The van der Waals surface area contributed by atoms with Gasteiger partial charge in [0.1, 0.15) is 12.6 Å². The first-order valence-corrected chi connectivity index (χ1v) is 16.8. The highest BCUT2D eigenvalue weighted by Crippen LogP contribution is 2.27. The number of halogens is 1. The lowest BCUT2D eigenvalue weighted by Crippen LogP contribution is -2.54. The van der Waals surface area contributed by atoms with Crippen LogP contribution >= 0.6 is 11.6 Å². The summed E-state index contributed by atoms with van der Waals surface area (Å²) in [5.74, 6) is -0.675. The molecule has 1 fully saturated rings. The molecule has 9 heteroatoms. The number of carbonyl (C=O) groups is 2. The Morgan fingerprint density at radius 3 is 2.07 bits per heavy atom. The monoisotopic (exact) mass is 623 g/mol. The standard InChI is InChI=1S/C34H42ClN3O4S/c1-5-32(34(40)36-29-9-7-6-8-10-29)37(22-27-13-15-28(35)16-14-27)33(39)23-38(30-20-25(3)19-26(4)21-30)43(41,42)31-17-11-24(2)12-18-31/h11-21,29,32H,5-10,22-23H2,1-4H3,(H,36,40)/t32-/m1/s1. The molecule has 0 saturated heterocycles. The van der Waals surface area contributed by atoms with Gasteiger partial charge in [0, 0.05) is 17.6 Å². The molecule has 0 aromatic heterocycles. The van der Waals surface area contributed by atoms with Gasteiger partial charge in [-0.2, -0.15) is 0 Å². The van der Waals surface area contributed by atoms with E-state index >= 15 is 0 Å². The average molecular weight is 624 g/mol. The van der Waals surface area contributed by atoms with Gasteiger partial charge in [-0.3, -0.25) is 13.9 Å². The first-order chi connectivity index (χ1) is 20.5. The normalized spacial score (nSPS) is 14.6. The minimum absolute atomic E-state index is 0.0801. The van der Waals surface area contributed by atoms with E-state index in [0.717, 1.165) is 54.4 Å². The van der Waals surface area contributed by atoms with Gasteiger partial charge in [-0.15, -0.1) is 0 Å². The molecule has 0 unspecified atom stereocenters. The van der Waals surface area contributed by atoms with Gasteiger partial charge in [0.05, 0.1) is 10.6 Å². The highest BCUT2D eigenvalue weighted by atomic mass is 35.5. The van der Waals surface area contributed by atoms with Crippen LogP contribution in [0.2, 0.25) is 5.02 Å². The van der Waals surface area contributed by atoms with Crippen LogP contribution in [0, 0.1) is 20.8 Å². The number of amides is 2. The number of nitrogens with zero attached hydrogens (tertiary/aromatic N) is 2. The SMILES string of the molecule is CC[C@H](C(=O)NC1CCCCC1)N(Cc1ccc(Cl)cc1)C(=O)CN(c1cc(C)cc(C)c1)S(=O)(=O)c1ccc(C)cc1. The van der Waals surface area contributed by atoms with Crippen LogP contribution in [0.3, 0.4) is 0 Å². The lowest BCUT2D eigenvalue weighted by molar-refractivity contribution is -0.140. The third-order valence-corrected chi connectivity index (χ3v) is 10.0. The fourth-order valence-electron chi connectivity index (χ4n) is 5.71. The van der Waals surface area contributed by atoms with E-state index in [2.05, 4.69) is 5.32 Å². The van der Waals surface area contributed by atoms with Crippen LogP contribution in [0.25, 0.3) is 0 Å². The van der Waals surface area contributed by atoms with Crippen molar-refractivity contribution in [1.29, 1.82) is 0 Å². The lowest BCUT2D eigenvalue weighted by Gasteiger charge is -2.34. The summed E-state index contributed by atoms with van der Waals surface area (Å²) in [5.41, 5.74) is 3.88. The molecule has 1 atom stereocenters. The summed E-state index contributed by atoms with van der Waals surface area (Å²) in [4.78, 5) is 29.6. The molecule has 3 aromatic rings. The smallest absolute Gasteiger partial charge is 0.264 e. The number of rotatable bonds is 11. The van der Waals surface area contributed by atoms with Crippen molar-refractivity contribution in [2.24, 2.45) is 0 Å². The minimum Gasteiger partial charge on any atom is -0.352 e. The molecule has 1 aliphatic rings. The molecule has 230 valence electrons. The van der Waals surface area contributed by atoms with Crippen molar-refractivity contribution in [3.63, 3.8) is 0 Å². The number of hydrogen-bond donors (Lipinski definition) is 1. The van der Waals surface area contributed by atoms with Gasteiger partial charge < -0.3 is 10.2 Å². The van der Waals surface area contributed by atoms with E-state index in [1.807, 2.05) is 45.9 Å². The maximum atomic E-state index is 14.3. The summed E-state index contributed by atoms with van der Waals surface area (Å²) in [7, 11) is -4.12. The van der Waals surface area contributed by atoms with Crippen LogP contribution in [0.1, 0.15) is 67.7 Å². The van der Waals surface area contributed by atoms with Gasteiger partial charge in [-0.05, 0) is 93.1 Å². The first kappa shape index (κ1) is 32.6. The van der Waals surface area contributed by atoms with Crippen LogP contribution in [0.4, 0.5) is 5.69 Å². The second-order valence-corrected chi connectivity index (χ2v) is 13.9. The molecule has 43 heavy (non-hydrogen) atoms. The van der Waals surface area contributed by atoms with Crippen LogP contribution < -0.4 is 9.62 Å².